The number of rotatable bonds is 11. The predicted molar refractivity (Wildman–Crippen MR) is 166 cm³/mol. The number of nitrogens with one attached hydrogen (secondary N) is 2. The lowest BCUT2D eigenvalue weighted by atomic mass is 10.1. The van der Waals surface area contributed by atoms with Gasteiger partial charge in [0.15, 0.2) is 0 Å². The number of anilines is 3. The highest BCUT2D eigenvalue weighted by molar-refractivity contribution is 6.32. The van der Waals surface area contributed by atoms with E-state index in [1.165, 1.54) is 12.3 Å². The van der Waals surface area contributed by atoms with Gasteiger partial charge in [0, 0.05) is 48.6 Å². The molecule has 1 amide bonds. The molecule has 0 radical (unpaired) electrons. The molecule has 220 valence electrons. The van der Waals surface area contributed by atoms with E-state index < -0.39 is 0 Å². The second-order valence-corrected chi connectivity index (χ2v) is 10.6. The molecule has 4 aromatic rings. The number of likely N-dealkylation sites (N-methyl/N-ethyl adjacent to an activating group) is 1. The van der Waals surface area contributed by atoms with Crippen molar-refractivity contribution in [2.75, 3.05) is 44.5 Å². The lowest BCUT2D eigenvalue weighted by Gasteiger charge is -2.19. The number of ether oxygens (including phenoxy) is 3. The Labute approximate surface area is 254 Å². The normalized spacial score (nSPS) is 14.6. The maximum atomic E-state index is 12.8. The summed E-state index contributed by atoms with van der Waals surface area (Å²) in [6, 6.07) is 16.6. The number of nitrogens with zero attached hydrogens (tertiary/aromatic N) is 4. The standard InChI is InChI=1S/C32H31ClN6O4/c1-39(2)12-5-7-31(40)38-28-15-25-27(16-30(28)43-24-10-13-41-20-24)36-18-21(17-34)32(25)37-22-8-9-29(26(33)14-22)42-19-23-6-3-4-11-35-23/h3-9,11,14-16,18,24H,10,12-13,19-20H2,1-2H3,(H,36,37)(H,38,40). The van der Waals surface area contributed by atoms with Crippen LogP contribution in [0.3, 0.4) is 0 Å². The van der Waals surface area contributed by atoms with Gasteiger partial charge in [-0.15, -0.1) is 0 Å². The van der Waals surface area contributed by atoms with E-state index in [-0.39, 0.29) is 18.6 Å². The fraction of sp³-hybridized carbons (Fsp3) is 0.250. The van der Waals surface area contributed by atoms with Gasteiger partial charge in [-0.25, -0.2) is 0 Å². The molecule has 10 nitrogen and oxygen atoms in total. The third-order valence-electron chi connectivity index (χ3n) is 6.57. The molecule has 0 bridgehead atoms. The molecule has 1 fully saturated rings. The summed E-state index contributed by atoms with van der Waals surface area (Å²) in [5.74, 6) is 0.668. The van der Waals surface area contributed by atoms with Crippen LogP contribution in [0.5, 0.6) is 11.5 Å². The summed E-state index contributed by atoms with van der Waals surface area (Å²) in [6.45, 7) is 1.97. The Morgan fingerprint density at radius 2 is 2.09 bits per heavy atom. The highest BCUT2D eigenvalue weighted by atomic mass is 35.5. The van der Waals surface area contributed by atoms with Crippen molar-refractivity contribution in [2.45, 2.75) is 19.1 Å². The Balaban J connectivity index is 1.46. The Morgan fingerprint density at radius 3 is 2.81 bits per heavy atom. The lowest BCUT2D eigenvalue weighted by molar-refractivity contribution is -0.111. The zero-order chi connectivity index (χ0) is 30.2. The molecule has 1 aliphatic heterocycles. The molecule has 0 saturated carbocycles. The summed E-state index contributed by atoms with van der Waals surface area (Å²) >= 11 is 6.55. The number of benzene rings is 2. The van der Waals surface area contributed by atoms with Crippen LogP contribution in [0.25, 0.3) is 10.9 Å². The Bertz CT molecular complexity index is 1670. The second kappa shape index (κ2) is 14.0. The number of amides is 1. The maximum absolute atomic E-state index is 12.8. The SMILES string of the molecule is CN(C)CC=CC(=O)Nc1cc2c(Nc3ccc(OCc4ccccn4)c(Cl)c3)c(C#N)cnc2cc1OC1CCOC1. The first kappa shape index (κ1) is 29.8. The molecular formula is C32H31ClN6O4. The minimum absolute atomic E-state index is 0.145. The van der Waals surface area contributed by atoms with E-state index in [9.17, 15) is 10.1 Å². The molecular weight excluding hydrogens is 568 g/mol. The Hall–Kier alpha value is -4.69. The van der Waals surface area contributed by atoms with E-state index in [0.717, 1.165) is 12.1 Å². The Kier molecular flexibility index (Phi) is 9.69. The molecule has 0 aliphatic carbocycles. The van der Waals surface area contributed by atoms with E-state index in [4.69, 9.17) is 25.8 Å². The number of carbonyl (C=O) groups is 1. The average Bonchev–Trinajstić information content (AvgIpc) is 3.51. The minimum atomic E-state index is -0.305. The summed E-state index contributed by atoms with van der Waals surface area (Å²) in [6.07, 6.45) is 7.06. The van der Waals surface area contributed by atoms with Crippen LogP contribution in [0.4, 0.5) is 17.1 Å². The van der Waals surface area contributed by atoms with Gasteiger partial charge in [0.1, 0.15) is 30.3 Å². The highest BCUT2D eigenvalue weighted by Crippen LogP contribution is 2.38. The van der Waals surface area contributed by atoms with Gasteiger partial charge in [-0.2, -0.15) is 5.26 Å². The van der Waals surface area contributed by atoms with Crippen molar-refractivity contribution in [2.24, 2.45) is 0 Å². The van der Waals surface area contributed by atoms with Crippen molar-refractivity contribution in [3.05, 3.63) is 89.4 Å². The van der Waals surface area contributed by atoms with Crippen molar-refractivity contribution < 1.29 is 19.0 Å². The summed E-state index contributed by atoms with van der Waals surface area (Å²) in [7, 11) is 3.84. The molecule has 43 heavy (non-hydrogen) atoms. The van der Waals surface area contributed by atoms with E-state index in [1.807, 2.05) is 43.3 Å². The van der Waals surface area contributed by atoms with Gasteiger partial charge >= 0.3 is 0 Å². The number of fused-ring (bicyclic) bond motifs is 1. The second-order valence-electron chi connectivity index (χ2n) is 10.2. The number of aromatic nitrogens is 2. The van der Waals surface area contributed by atoms with E-state index in [1.54, 1.807) is 36.5 Å². The number of carbonyl (C=O) groups excluding carboxylic acids is 1. The molecule has 2 N–H and O–H groups in total. The molecule has 3 heterocycles. The van der Waals surface area contributed by atoms with Gasteiger partial charge in [0.2, 0.25) is 5.91 Å². The fourth-order valence-electron chi connectivity index (χ4n) is 4.44. The highest BCUT2D eigenvalue weighted by Gasteiger charge is 2.21. The third kappa shape index (κ3) is 7.78. The van der Waals surface area contributed by atoms with Crippen molar-refractivity contribution in [3.63, 3.8) is 0 Å². The van der Waals surface area contributed by atoms with Gasteiger partial charge in [0.25, 0.3) is 0 Å². The smallest absolute Gasteiger partial charge is 0.248 e. The minimum Gasteiger partial charge on any atom is -0.486 e. The van der Waals surface area contributed by atoms with Crippen molar-refractivity contribution in [1.82, 2.24) is 14.9 Å². The summed E-state index contributed by atoms with van der Waals surface area (Å²) in [5.41, 5.74) is 3.29. The van der Waals surface area contributed by atoms with Gasteiger partial charge in [-0.1, -0.05) is 23.7 Å². The summed E-state index contributed by atoms with van der Waals surface area (Å²) < 4.78 is 17.5. The number of nitriles is 1. The quantitative estimate of drug-likeness (QED) is 0.209. The van der Waals surface area contributed by atoms with Crippen molar-refractivity contribution in [3.8, 4) is 17.6 Å². The number of hydrogen-bond donors (Lipinski definition) is 2. The molecule has 1 saturated heterocycles. The number of hydrogen-bond acceptors (Lipinski definition) is 9. The van der Waals surface area contributed by atoms with E-state index in [0.29, 0.717) is 69.8 Å². The summed E-state index contributed by atoms with van der Waals surface area (Å²) in [5, 5.41) is 17.2. The first-order valence-electron chi connectivity index (χ1n) is 13.7. The van der Waals surface area contributed by atoms with Crippen LogP contribution in [-0.4, -0.2) is 60.7 Å². The molecule has 5 rings (SSSR count). The first-order chi connectivity index (χ1) is 20.9. The van der Waals surface area contributed by atoms with Crippen LogP contribution >= 0.6 is 11.6 Å². The Morgan fingerprint density at radius 1 is 1.21 bits per heavy atom. The van der Waals surface area contributed by atoms with Gasteiger partial charge in [-0.3, -0.25) is 14.8 Å². The van der Waals surface area contributed by atoms with Crippen LogP contribution in [0.2, 0.25) is 5.02 Å². The summed E-state index contributed by atoms with van der Waals surface area (Å²) in [4.78, 5) is 23.5. The zero-order valence-corrected chi connectivity index (χ0v) is 24.6. The molecule has 1 unspecified atom stereocenters. The lowest BCUT2D eigenvalue weighted by Crippen LogP contribution is -2.18. The van der Waals surface area contributed by atoms with Crippen LogP contribution in [0, 0.1) is 11.3 Å². The van der Waals surface area contributed by atoms with Crippen LogP contribution in [0.15, 0.2) is 73.1 Å². The van der Waals surface area contributed by atoms with Crippen LogP contribution < -0.4 is 20.1 Å². The molecule has 2 aromatic carbocycles. The molecule has 2 aromatic heterocycles. The van der Waals surface area contributed by atoms with Crippen molar-refractivity contribution >= 4 is 45.5 Å². The topological polar surface area (TPSA) is 122 Å². The van der Waals surface area contributed by atoms with E-state index >= 15 is 0 Å². The number of halogens is 1. The van der Waals surface area contributed by atoms with Crippen LogP contribution in [0.1, 0.15) is 17.7 Å². The predicted octanol–water partition coefficient (Wildman–Crippen LogP) is 5.70. The fourth-order valence-corrected chi connectivity index (χ4v) is 4.68. The molecule has 1 atom stereocenters. The first-order valence-corrected chi connectivity index (χ1v) is 14.1. The number of pyridine rings is 2. The van der Waals surface area contributed by atoms with Gasteiger partial charge in [0.05, 0.1) is 46.4 Å². The molecule has 1 aliphatic rings. The van der Waals surface area contributed by atoms with Crippen LogP contribution in [-0.2, 0) is 16.1 Å². The van der Waals surface area contributed by atoms with E-state index in [2.05, 4.69) is 26.7 Å². The molecule has 11 heteroatoms. The maximum Gasteiger partial charge on any atom is 0.248 e. The monoisotopic (exact) mass is 598 g/mol. The van der Waals surface area contributed by atoms with Crippen molar-refractivity contribution in [1.29, 1.82) is 5.26 Å². The molecule has 0 spiro atoms. The van der Waals surface area contributed by atoms with Gasteiger partial charge < -0.3 is 29.7 Å². The zero-order valence-electron chi connectivity index (χ0n) is 23.8. The largest absolute Gasteiger partial charge is 0.486 e. The third-order valence-corrected chi connectivity index (χ3v) is 6.87. The average molecular weight is 599 g/mol. The van der Waals surface area contributed by atoms with Gasteiger partial charge in [-0.05, 0) is 50.5 Å².